The molecule has 2 aliphatic rings. The van der Waals surface area contributed by atoms with E-state index >= 15 is 0 Å². The fraction of sp³-hybridized carbons (Fsp3) is 0.611. The Kier molecular flexibility index (Phi) is 5.48. The van der Waals surface area contributed by atoms with Crippen LogP contribution in [-0.2, 0) is 11.3 Å². The van der Waals surface area contributed by atoms with Gasteiger partial charge in [-0.05, 0) is 31.2 Å². The summed E-state index contributed by atoms with van der Waals surface area (Å²) in [5, 5.41) is 10.1. The highest BCUT2D eigenvalue weighted by Gasteiger charge is 2.35. The molecule has 2 atom stereocenters. The number of benzene rings is 1. The van der Waals surface area contributed by atoms with E-state index in [9.17, 15) is 14.3 Å². The Balaban J connectivity index is 1.52. The van der Waals surface area contributed by atoms with E-state index in [4.69, 9.17) is 0 Å². The first-order chi connectivity index (χ1) is 11.5. The van der Waals surface area contributed by atoms with E-state index in [0.717, 1.165) is 25.2 Å². The summed E-state index contributed by atoms with van der Waals surface area (Å²) in [5.74, 6) is -0.449. The summed E-state index contributed by atoms with van der Waals surface area (Å²) in [7, 11) is 1.99. The maximum atomic E-state index is 13.3. The number of nitrogens with zero attached hydrogens (tertiary/aromatic N) is 3. The van der Waals surface area contributed by atoms with E-state index in [0.29, 0.717) is 32.6 Å². The second kappa shape index (κ2) is 7.59. The van der Waals surface area contributed by atoms with E-state index in [1.54, 1.807) is 12.1 Å². The number of halogens is 1. The Morgan fingerprint density at radius 3 is 2.71 bits per heavy atom. The number of carbonyl (C=O) groups is 1. The van der Waals surface area contributed by atoms with Crippen LogP contribution in [0, 0.1) is 11.7 Å². The van der Waals surface area contributed by atoms with Crippen molar-refractivity contribution in [3.63, 3.8) is 0 Å². The Labute approximate surface area is 142 Å². The quantitative estimate of drug-likeness (QED) is 0.887. The van der Waals surface area contributed by atoms with E-state index in [1.807, 2.05) is 18.0 Å². The van der Waals surface area contributed by atoms with Crippen molar-refractivity contribution in [2.45, 2.75) is 19.1 Å². The molecule has 2 heterocycles. The van der Waals surface area contributed by atoms with Gasteiger partial charge in [0.1, 0.15) is 5.82 Å². The predicted molar refractivity (Wildman–Crippen MR) is 89.9 cm³/mol. The highest BCUT2D eigenvalue weighted by atomic mass is 19.1. The third-order valence-electron chi connectivity index (χ3n) is 5.08. The predicted octanol–water partition coefficient (Wildman–Crippen LogP) is 0.782. The number of aliphatic hydroxyl groups excluding tert-OH is 1. The number of piperazine rings is 1. The lowest BCUT2D eigenvalue weighted by atomic mass is 9.93. The van der Waals surface area contributed by atoms with Gasteiger partial charge in [0.2, 0.25) is 5.91 Å². The van der Waals surface area contributed by atoms with Gasteiger partial charge in [-0.15, -0.1) is 0 Å². The third-order valence-corrected chi connectivity index (χ3v) is 5.08. The molecule has 24 heavy (non-hydrogen) atoms. The number of hydrogen-bond acceptors (Lipinski definition) is 4. The normalized spacial score (nSPS) is 26.5. The van der Waals surface area contributed by atoms with Gasteiger partial charge in [0.15, 0.2) is 0 Å². The van der Waals surface area contributed by atoms with Crippen LogP contribution in [0.1, 0.15) is 12.0 Å². The van der Waals surface area contributed by atoms with E-state index in [-0.39, 0.29) is 17.6 Å². The minimum absolute atomic E-state index is 0.0689. The molecule has 0 bridgehead atoms. The van der Waals surface area contributed by atoms with E-state index in [1.165, 1.54) is 6.07 Å². The third kappa shape index (κ3) is 4.12. The Hall–Kier alpha value is -1.50. The molecule has 1 aromatic carbocycles. The second-order valence-corrected chi connectivity index (χ2v) is 6.96. The number of amides is 1. The summed E-state index contributed by atoms with van der Waals surface area (Å²) in [4.78, 5) is 18.9. The monoisotopic (exact) mass is 335 g/mol. The largest absolute Gasteiger partial charge is 0.392 e. The summed E-state index contributed by atoms with van der Waals surface area (Å²) in [5.41, 5.74) is 0.958. The summed E-state index contributed by atoms with van der Waals surface area (Å²) in [6.07, 6.45) is 0.130. The molecule has 1 amide bonds. The molecule has 5 nitrogen and oxygen atoms in total. The van der Waals surface area contributed by atoms with Crippen molar-refractivity contribution in [3.8, 4) is 0 Å². The topological polar surface area (TPSA) is 47.0 Å². The van der Waals surface area contributed by atoms with Gasteiger partial charge >= 0.3 is 0 Å². The molecule has 2 fully saturated rings. The zero-order valence-electron chi connectivity index (χ0n) is 14.2. The van der Waals surface area contributed by atoms with Crippen LogP contribution >= 0.6 is 0 Å². The Morgan fingerprint density at radius 2 is 2.00 bits per heavy atom. The fourth-order valence-corrected chi connectivity index (χ4v) is 3.60. The van der Waals surface area contributed by atoms with Crippen LogP contribution in [0.15, 0.2) is 24.3 Å². The second-order valence-electron chi connectivity index (χ2n) is 6.96. The molecule has 0 aromatic heterocycles. The van der Waals surface area contributed by atoms with Gasteiger partial charge in [-0.3, -0.25) is 9.69 Å². The van der Waals surface area contributed by atoms with Crippen LogP contribution in [0.25, 0.3) is 0 Å². The highest BCUT2D eigenvalue weighted by Crippen LogP contribution is 2.20. The molecule has 2 aliphatic heterocycles. The lowest BCUT2D eigenvalue weighted by molar-refractivity contribution is -0.144. The minimum Gasteiger partial charge on any atom is -0.392 e. The SMILES string of the molecule is CN1CC[C@H](O)[C@H](C(=O)N2CCN(Cc3cccc(F)c3)CC2)C1. The van der Waals surface area contributed by atoms with Gasteiger partial charge in [-0.25, -0.2) is 4.39 Å². The molecular weight excluding hydrogens is 309 g/mol. The van der Waals surface area contributed by atoms with Crippen molar-refractivity contribution < 1.29 is 14.3 Å². The molecule has 2 saturated heterocycles. The average molecular weight is 335 g/mol. The molecule has 0 spiro atoms. The van der Waals surface area contributed by atoms with Crippen molar-refractivity contribution >= 4 is 5.91 Å². The molecule has 0 radical (unpaired) electrons. The van der Waals surface area contributed by atoms with Gasteiger partial charge in [0, 0.05) is 45.8 Å². The molecule has 3 rings (SSSR count). The van der Waals surface area contributed by atoms with E-state index < -0.39 is 6.10 Å². The molecular formula is C18H26FN3O2. The van der Waals surface area contributed by atoms with Gasteiger partial charge < -0.3 is 14.9 Å². The minimum atomic E-state index is -0.529. The molecule has 1 N–H and O–H groups in total. The Morgan fingerprint density at radius 1 is 1.25 bits per heavy atom. The lowest BCUT2D eigenvalue weighted by Gasteiger charge is -2.39. The summed E-state index contributed by atoms with van der Waals surface area (Å²) >= 11 is 0. The smallest absolute Gasteiger partial charge is 0.229 e. The number of carbonyl (C=O) groups excluding carboxylic acids is 1. The van der Waals surface area contributed by atoms with Crippen LogP contribution in [-0.4, -0.2) is 78.1 Å². The van der Waals surface area contributed by atoms with Crippen LogP contribution in [0.4, 0.5) is 4.39 Å². The van der Waals surface area contributed by atoms with Crippen molar-refractivity contribution in [3.05, 3.63) is 35.6 Å². The standard InChI is InChI=1S/C18H26FN3O2/c1-20-6-5-17(23)16(13-20)18(24)22-9-7-21(8-10-22)12-14-3-2-4-15(19)11-14/h2-4,11,16-17,23H,5-10,12-13H2,1H3/t16-,17+/m1/s1. The van der Waals surface area contributed by atoms with Crippen LogP contribution in [0.2, 0.25) is 0 Å². The zero-order valence-corrected chi connectivity index (χ0v) is 14.2. The molecule has 6 heteroatoms. The van der Waals surface area contributed by atoms with Crippen LogP contribution in [0.5, 0.6) is 0 Å². The highest BCUT2D eigenvalue weighted by molar-refractivity contribution is 5.80. The van der Waals surface area contributed by atoms with Gasteiger partial charge in [0.25, 0.3) is 0 Å². The van der Waals surface area contributed by atoms with Crippen LogP contribution in [0.3, 0.4) is 0 Å². The summed E-state index contributed by atoms with van der Waals surface area (Å²) in [6.45, 7) is 5.06. The van der Waals surface area contributed by atoms with Gasteiger partial charge in [-0.1, -0.05) is 12.1 Å². The van der Waals surface area contributed by atoms with Crippen molar-refractivity contribution in [1.29, 1.82) is 0 Å². The number of rotatable bonds is 3. The number of likely N-dealkylation sites (tertiary alicyclic amines) is 1. The molecule has 0 saturated carbocycles. The summed E-state index contributed by atoms with van der Waals surface area (Å²) in [6, 6.07) is 6.67. The first-order valence-corrected chi connectivity index (χ1v) is 8.65. The van der Waals surface area contributed by atoms with Crippen molar-refractivity contribution in [2.24, 2.45) is 5.92 Å². The maximum Gasteiger partial charge on any atom is 0.229 e. The van der Waals surface area contributed by atoms with E-state index in [2.05, 4.69) is 9.80 Å². The first-order valence-electron chi connectivity index (χ1n) is 8.65. The zero-order chi connectivity index (χ0) is 17.1. The average Bonchev–Trinajstić information content (AvgIpc) is 2.57. The molecule has 132 valence electrons. The number of hydrogen-bond donors (Lipinski definition) is 1. The maximum absolute atomic E-state index is 13.3. The van der Waals surface area contributed by atoms with Crippen molar-refractivity contribution in [2.75, 3.05) is 46.3 Å². The summed E-state index contributed by atoms with van der Waals surface area (Å²) < 4.78 is 13.3. The van der Waals surface area contributed by atoms with Gasteiger partial charge in [-0.2, -0.15) is 0 Å². The Bertz CT molecular complexity index is 575. The van der Waals surface area contributed by atoms with Crippen LogP contribution < -0.4 is 0 Å². The number of aliphatic hydroxyl groups is 1. The lowest BCUT2D eigenvalue weighted by Crippen LogP contribution is -2.54. The first kappa shape index (κ1) is 17.3. The fourth-order valence-electron chi connectivity index (χ4n) is 3.60. The molecule has 0 aliphatic carbocycles. The van der Waals surface area contributed by atoms with Crippen molar-refractivity contribution in [1.82, 2.24) is 14.7 Å². The number of piperidine rings is 1. The molecule has 0 unspecified atom stereocenters. The molecule has 1 aromatic rings. The van der Waals surface area contributed by atoms with Gasteiger partial charge in [0.05, 0.1) is 12.0 Å².